The van der Waals surface area contributed by atoms with E-state index < -0.39 is 0 Å². The van der Waals surface area contributed by atoms with Gasteiger partial charge >= 0.3 is 0 Å². The average molecular weight is 336 g/mol. The second-order valence-electron chi connectivity index (χ2n) is 4.30. The average Bonchev–Trinajstić information content (AvgIpc) is 2.97. The summed E-state index contributed by atoms with van der Waals surface area (Å²) < 4.78 is 1.75. The smallest absolute Gasteiger partial charge is 0.209 e. The van der Waals surface area contributed by atoms with Gasteiger partial charge in [0.25, 0.3) is 0 Å². The summed E-state index contributed by atoms with van der Waals surface area (Å²) in [5.74, 6) is 0.636. The van der Waals surface area contributed by atoms with Gasteiger partial charge in [0.15, 0.2) is 0 Å². The molecule has 0 saturated carbocycles. The second kappa shape index (κ2) is 6.52. The normalized spacial score (nSPS) is 10.8. The summed E-state index contributed by atoms with van der Waals surface area (Å²) in [5, 5.41) is 6.46. The fourth-order valence-electron chi connectivity index (χ4n) is 1.83. The molecular formula is C15H11Cl2N3S. The van der Waals surface area contributed by atoms with E-state index in [9.17, 15) is 0 Å². The van der Waals surface area contributed by atoms with Crippen LogP contribution in [-0.4, -0.2) is 14.8 Å². The summed E-state index contributed by atoms with van der Waals surface area (Å²) in [5.41, 5.74) is 1.88. The van der Waals surface area contributed by atoms with Gasteiger partial charge in [-0.1, -0.05) is 59.2 Å². The summed E-state index contributed by atoms with van der Waals surface area (Å²) >= 11 is 13.8. The minimum absolute atomic E-state index is 0.636. The van der Waals surface area contributed by atoms with Crippen molar-refractivity contribution in [3.05, 3.63) is 70.5 Å². The van der Waals surface area contributed by atoms with Crippen molar-refractivity contribution < 1.29 is 0 Å². The van der Waals surface area contributed by atoms with Gasteiger partial charge in [0.2, 0.25) is 5.16 Å². The first kappa shape index (κ1) is 14.4. The molecule has 3 aromatic rings. The predicted octanol–water partition coefficient (Wildman–Crippen LogP) is 4.87. The van der Waals surface area contributed by atoms with Crippen LogP contribution in [0.4, 0.5) is 0 Å². The van der Waals surface area contributed by atoms with Crippen LogP contribution in [0.15, 0.2) is 60.0 Å². The number of para-hydroxylation sites is 1. The van der Waals surface area contributed by atoms with Gasteiger partial charge < -0.3 is 0 Å². The van der Waals surface area contributed by atoms with Crippen molar-refractivity contribution in [2.75, 3.05) is 0 Å². The van der Waals surface area contributed by atoms with E-state index >= 15 is 0 Å². The Morgan fingerprint density at radius 3 is 2.38 bits per heavy atom. The summed E-state index contributed by atoms with van der Waals surface area (Å²) in [6.45, 7) is 0. The zero-order chi connectivity index (χ0) is 14.7. The van der Waals surface area contributed by atoms with Crippen molar-refractivity contribution in [1.29, 1.82) is 0 Å². The van der Waals surface area contributed by atoms with Gasteiger partial charge in [-0.2, -0.15) is 0 Å². The Hall–Kier alpha value is -1.49. The molecular weight excluding hydrogens is 325 g/mol. The molecule has 0 amide bonds. The Morgan fingerprint density at radius 2 is 1.67 bits per heavy atom. The standard InChI is InChI=1S/C15H11Cl2N3S/c16-13-7-4-8-14(17)12(13)9-21-15-18-10-20(19-15)11-5-2-1-3-6-11/h1-8,10H,9H2. The van der Waals surface area contributed by atoms with Gasteiger partial charge in [-0.15, -0.1) is 5.10 Å². The summed E-state index contributed by atoms with van der Waals surface area (Å²) in [6, 6.07) is 15.4. The minimum atomic E-state index is 0.636. The fraction of sp³-hybridized carbons (Fsp3) is 0.0667. The molecule has 1 aromatic heterocycles. The first-order valence-electron chi connectivity index (χ1n) is 6.27. The number of halogens is 2. The number of aromatic nitrogens is 3. The van der Waals surface area contributed by atoms with Gasteiger partial charge in [-0.25, -0.2) is 9.67 Å². The van der Waals surface area contributed by atoms with Gasteiger partial charge in [0.1, 0.15) is 6.33 Å². The molecule has 106 valence electrons. The van der Waals surface area contributed by atoms with Crippen molar-refractivity contribution in [2.24, 2.45) is 0 Å². The lowest BCUT2D eigenvalue weighted by molar-refractivity contribution is 0.834. The summed E-state index contributed by atoms with van der Waals surface area (Å²) in [4.78, 5) is 4.30. The molecule has 0 aliphatic rings. The van der Waals surface area contributed by atoms with Crippen LogP contribution >= 0.6 is 35.0 Å². The molecule has 1 heterocycles. The highest BCUT2D eigenvalue weighted by Crippen LogP contribution is 2.30. The molecule has 0 spiro atoms. The molecule has 0 atom stereocenters. The van der Waals surface area contributed by atoms with Crippen LogP contribution in [0.25, 0.3) is 5.69 Å². The number of hydrogen-bond donors (Lipinski definition) is 0. The van der Waals surface area contributed by atoms with E-state index in [4.69, 9.17) is 23.2 Å². The summed E-state index contributed by atoms with van der Waals surface area (Å²) in [6.07, 6.45) is 1.70. The SMILES string of the molecule is Clc1cccc(Cl)c1CSc1ncn(-c2ccccc2)n1. The highest BCUT2D eigenvalue weighted by molar-refractivity contribution is 7.98. The second-order valence-corrected chi connectivity index (χ2v) is 6.05. The van der Waals surface area contributed by atoms with Crippen LogP contribution in [-0.2, 0) is 5.75 Å². The molecule has 0 saturated heterocycles. The highest BCUT2D eigenvalue weighted by atomic mass is 35.5. The molecule has 6 heteroatoms. The Kier molecular flexibility index (Phi) is 4.48. The van der Waals surface area contributed by atoms with Crippen LogP contribution < -0.4 is 0 Å². The molecule has 0 radical (unpaired) electrons. The van der Waals surface area contributed by atoms with Crippen molar-refractivity contribution >= 4 is 35.0 Å². The topological polar surface area (TPSA) is 30.7 Å². The molecule has 0 bridgehead atoms. The monoisotopic (exact) mass is 335 g/mol. The number of hydrogen-bond acceptors (Lipinski definition) is 3. The van der Waals surface area contributed by atoms with E-state index in [0.717, 1.165) is 11.3 Å². The third-order valence-electron chi connectivity index (χ3n) is 2.90. The Balaban J connectivity index is 1.74. The van der Waals surface area contributed by atoms with Gasteiger partial charge in [0, 0.05) is 15.8 Å². The predicted molar refractivity (Wildman–Crippen MR) is 87.4 cm³/mol. The minimum Gasteiger partial charge on any atom is -0.220 e. The van der Waals surface area contributed by atoms with Crippen molar-refractivity contribution in [3.8, 4) is 5.69 Å². The zero-order valence-corrected chi connectivity index (χ0v) is 13.2. The molecule has 0 N–H and O–H groups in total. The van der Waals surface area contributed by atoms with Gasteiger partial charge in [-0.3, -0.25) is 0 Å². The number of thioether (sulfide) groups is 1. The Morgan fingerprint density at radius 1 is 0.952 bits per heavy atom. The molecule has 0 fully saturated rings. The van der Waals surface area contributed by atoms with E-state index in [1.165, 1.54) is 11.8 Å². The van der Waals surface area contributed by atoms with E-state index in [1.807, 2.05) is 48.5 Å². The lowest BCUT2D eigenvalue weighted by Gasteiger charge is -2.04. The van der Waals surface area contributed by atoms with Crippen LogP contribution in [0.3, 0.4) is 0 Å². The van der Waals surface area contributed by atoms with E-state index in [1.54, 1.807) is 11.0 Å². The maximum Gasteiger partial charge on any atom is 0.209 e. The Labute approximate surface area is 136 Å². The first-order valence-corrected chi connectivity index (χ1v) is 8.01. The largest absolute Gasteiger partial charge is 0.220 e. The van der Waals surface area contributed by atoms with E-state index in [0.29, 0.717) is 21.0 Å². The molecule has 3 nitrogen and oxygen atoms in total. The lowest BCUT2D eigenvalue weighted by atomic mass is 10.2. The lowest BCUT2D eigenvalue weighted by Crippen LogP contribution is -1.93. The van der Waals surface area contributed by atoms with E-state index in [2.05, 4.69) is 10.1 Å². The van der Waals surface area contributed by atoms with Crippen molar-refractivity contribution in [2.45, 2.75) is 10.9 Å². The molecule has 0 unspecified atom stereocenters. The van der Waals surface area contributed by atoms with Crippen molar-refractivity contribution in [3.63, 3.8) is 0 Å². The van der Waals surface area contributed by atoms with Crippen LogP contribution in [0.5, 0.6) is 0 Å². The molecule has 2 aromatic carbocycles. The third kappa shape index (κ3) is 3.40. The van der Waals surface area contributed by atoms with E-state index in [-0.39, 0.29) is 0 Å². The van der Waals surface area contributed by atoms with Crippen molar-refractivity contribution in [1.82, 2.24) is 14.8 Å². The number of nitrogens with zero attached hydrogens (tertiary/aromatic N) is 3. The number of benzene rings is 2. The molecule has 0 aliphatic heterocycles. The van der Waals surface area contributed by atoms with Crippen LogP contribution in [0.2, 0.25) is 10.0 Å². The van der Waals surface area contributed by atoms with Crippen LogP contribution in [0.1, 0.15) is 5.56 Å². The quantitative estimate of drug-likeness (QED) is 0.637. The molecule has 21 heavy (non-hydrogen) atoms. The molecule has 0 aliphatic carbocycles. The molecule has 3 rings (SSSR count). The van der Waals surface area contributed by atoms with Crippen LogP contribution in [0, 0.1) is 0 Å². The maximum absolute atomic E-state index is 6.15. The maximum atomic E-state index is 6.15. The van der Waals surface area contributed by atoms with Gasteiger partial charge in [-0.05, 0) is 29.8 Å². The highest BCUT2D eigenvalue weighted by Gasteiger charge is 2.09. The zero-order valence-electron chi connectivity index (χ0n) is 10.9. The number of rotatable bonds is 4. The first-order chi connectivity index (χ1) is 10.2. The summed E-state index contributed by atoms with van der Waals surface area (Å²) in [7, 11) is 0. The van der Waals surface area contributed by atoms with Gasteiger partial charge in [0.05, 0.1) is 5.69 Å². The fourth-order valence-corrected chi connectivity index (χ4v) is 3.37. The Bertz CT molecular complexity index is 723. The third-order valence-corrected chi connectivity index (χ3v) is 4.49.